The summed E-state index contributed by atoms with van der Waals surface area (Å²) < 4.78 is 35.0. The number of nitrogens with two attached hydrogens (primary N) is 1. The second kappa shape index (κ2) is 16.7. The highest BCUT2D eigenvalue weighted by Gasteiger charge is 2.34. The first-order valence-corrected chi connectivity index (χ1v) is 17.3. The quantitative estimate of drug-likeness (QED) is 0.156. The Hall–Kier alpha value is -5.50. The van der Waals surface area contributed by atoms with Crippen molar-refractivity contribution in [3.63, 3.8) is 0 Å². The lowest BCUT2D eigenvalue weighted by Gasteiger charge is -2.29. The van der Waals surface area contributed by atoms with Gasteiger partial charge in [-0.3, -0.25) is 30.2 Å². The van der Waals surface area contributed by atoms with Crippen molar-refractivity contribution in [3.05, 3.63) is 88.6 Å². The Kier molecular flexibility index (Phi) is 12.1. The monoisotopic (exact) mass is 713 g/mol. The summed E-state index contributed by atoms with van der Waals surface area (Å²) in [6.07, 6.45) is 4.18. The molecule has 0 unspecified atom stereocenters. The SMILES string of the molecule is CCN(C(=O)[C@@H]1CCN(CC(=O)N2CC=C(c3ccc(C(=N)/N=C\NC)c(F)c3)CC2)C1)c1ccc(N)c(C(=N)c2ccc(OC(C)C)c(F)c2)n1. The van der Waals surface area contributed by atoms with Crippen LogP contribution in [0.4, 0.5) is 20.3 Å². The van der Waals surface area contributed by atoms with Crippen LogP contribution in [0.3, 0.4) is 0 Å². The van der Waals surface area contributed by atoms with E-state index in [1.54, 1.807) is 61.0 Å². The summed E-state index contributed by atoms with van der Waals surface area (Å²) in [5.41, 5.74) is 8.49. The highest BCUT2D eigenvalue weighted by molar-refractivity contribution is 6.13. The fraction of sp³-hybridized carbons (Fsp3) is 0.368. The molecule has 0 aliphatic carbocycles. The Morgan fingerprint density at radius 1 is 1.13 bits per heavy atom. The standard InChI is InChI=1S/C38H45F2N9O3/c1-5-49(33-11-9-31(41)36(46-33)35(42)26-7-10-32(30(40)19-26)52-23(2)3)38(51)27-12-15-47(20-27)21-34(50)48-16-13-24(14-17-48)25-6-8-28(29(39)18-25)37(43)45-22-44-4/h6-11,13,18-19,22-23,27,42H,5,12,14-17,20-21,41H2,1-4H3,(H2,43,44,45)/t27-/m1/s1. The van der Waals surface area contributed by atoms with Crippen molar-refractivity contribution in [2.24, 2.45) is 10.9 Å². The average Bonchev–Trinajstić information content (AvgIpc) is 3.60. The molecule has 0 bridgehead atoms. The first kappa shape index (κ1) is 37.7. The molecule has 1 saturated heterocycles. The van der Waals surface area contributed by atoms with Gasteiger partial charge in [-0.1, -0.05) is 12.1 Å². The predicted octanol–water partition coefficient (Wildman–Crippen LogP) is 4.71. The number of carbonyl (C=O) groups is 2. The van der Waals surface area contributed by atoms with E-state index in [2.05, 4.69) is 15.3 Å². The molecule has 3 heterocycles. The molecule has 1 aromatic heterocycles. The summed E-state index contributed by atoms with van der Waals surface area (Å²) in [7, 11) is 1.65. The second-order valence-electron chi connectivity index (χ2n) is 13.0. The number of amidine groups is 1. The van der Waals surface area contributed by atoms with Crippen molar-refractivity contribution in [2.45, 2.75) is 39.7 Å². The van der Waals surface area contributed by atoms with Gasteiger partial charge in [-0.15, -0.1) is 0 Å². The zero-order valence-electron chi connectivity index (χ0n) is 29.9. The zero-order valence-corrected chi connectivity index (χ0v) is 29.9. The minimum absolute atomic E-state index is 0.0447. The van der Waals surface area contributed by atoms with E-state index in [1.165, 1.54) is 24.5 Å². The third kappa shape index (κ3) is 8.68. The molecule has 12 nitrogen and oxygen atoms in total. The summed E-state index contributed by atoms with van der Waals surface area (Å²) in [6, 6.07) is 12.2. The number of ether oxygens (including phenoxy) is 1. The minimum Gasteiger partial charge on any atom is -0.488 e. The number of aromatic nitrogens is 1. The van der Waals surface area contributed by atoms with Crippen molar-refractivity contribution in [1.82, 2.24) is 20.1 Å². The van der Waals surface area contributed by atoms with Crippen molar-refractivity contribution in [2.75, 3.05) is 56.9 Å². The molecular formula is C38H45F2N9O3. The number of hydrogen-bond donors (Lipinski definition) is 4. The van der Waals surface area contributed by atoms with Crippen LogP contribution in [0.5, 0.6) is 5.75 Å². The fourth-order valence-electron chi connectivity index (χ4n) is 6.34. The number of nitrogen functional groups attached to an aromatic ring is 1. The molecule has 2 aliphatic rings. The summed E-state index contributed by atoms with van der Waals surface area (Å²) in [4.78, 5) is 40.8. The molecule has 2 aliphatic heterocycles. The smallest absolute Gasteiger partial charge is 0.237 e. The molecule has 14 heteroatoms. The first-order valence-electron chi connectivity index (χ1n) is 17.3. The Labute approximate surface area is 302 Å². The predicted molar refractivity (Wildman–Crippen MR) is 199 cm³/mol. The van der Waals surface area contributed by atoms with Gasteiger partial charge in [0.1, 0.15) is 17.3 Å². The van der Waals surface area contributed by atoms with Crippen molar-refractivity contribution in [3.8, 4) is 5.75 Å². The van der Waals surface area contributed by atoms with Crippen molar-refractivity contribution in [1.29, 1.82) is 10.8 Å². The van der Waals surface area contributed by atoms with Gasteiger partial charge in [0, 0.05) is 38.8 Å². The summed E-state index contributed by atoms with van der Waals surface area (Å²) in [6.45, 7) is 7.81. The Morgan fingerprint density at radius 2 is 1.92 bits per heavy atom. The van der Waals surface area contributed by atoms with Gasteiger partial charge in [0.05, 0.1) is 41.9 Å². The van der Waals surface area contributed by atoms with E-state index in [1.807, 2.05) is 17.9 Å². The molecule has 0 spiro atoms. The molecule has 0 saturated carbocycles. The van der Waals surface area contributed by atoms with Crippen LogP contribution < -0.4 is 20.7 Å². The van der Waals surface area contributed by atoms with E-state index in [0.717, 1.165) is 5.57 Å². The maximum absolute atomic E-state index is 14.8. The maximum atomic E-state index is 14.8. The summed E-state index contributed by atoms with van der Waals surface area (Å²) in [5.74, 6) is -1.42. The van der Waals surface area contributed by atoms with Crippen LogP contribution in [0, 0.1) is 28.4 Å². The highest BCUT2D eigenvalue weighted by atomic mass is 19.1. The van der Waals surface area contributed by atoms with Gasteiger partial charge in [-0.2, -0.15) is 0 Å². The summed E-state index contributed by atoms with van der Waals surface area (Å²) >= 11 is 0. The number of aliphatic imine (C=N–C) groups is 1. The van der Waals surface area contributed by atoms with Gasteiger partial charge in [-0.25, -0.2) is 18.8 Å². The fourth-order valence-corrected chi connectivity index (χ4v) is 6.34. The molecule has 5 rings (SSSR count). The van der Waals surface area contributed by atoms with Gasteiger partial charge in [0.15, 0.2) is 17.4 Å². The van der Waals surface area contributed by atoms with Gasteiger partial charge >= 0.3 is 0 Å². The third-order valence-electron chi connectivity index (χ3n) is 9.05. The van der Waals surface area contributed by atoms with E-state index in [0.29, 0.717) is 56.9 Å². The van der Waals surface area contributed by atoms with Crippen LogP contribution in [-0.2, 0) is 9.59 Å². The largest absolute Gasteiger partial charge is 0.488 e. The summed E-state index contributed by atoms with van der Waals surface area (Å²) in [5, 5.41) is 19.4. The molecule has 2 amide bonds. The molecule has 1 atom stereocenters. The molecule has 0 radical (unpaired) electrons. The van der Waals surface area contributed by atoms with Gasteiger partial charge in [0.25, 0.3) is 0 Å². The normalized spacial score (nSPS) is 16.2. The number of benzene rings is 2. The number of amides is 2. The second-order valence-corrected chi connectivity index (χ2v) is 13.0. The highest BCUT2D eigenvalue weighted by Crippen LogP contribution is 2.28. The molecule has 52 heavy (non-hydrogen) atoms. The van der Waals surface area contributed by atoms with Gasteiger partial charge in [-0.05, 0) is 93.8 Å². The Morgan fingerprint density at radius 3 is 2.58 bits per heavy atom. The zero-order chi connectivity index (χ0) is 37.5. The number of nitrogens with zero attached hydrogens (tertiary/aromatic N) is 5. The molecule has 5 N–H and O–H groups in total. The maximum Gasteiger partial charge on any atom is 0.237 e. The van der Waals surface area contributed by atoms with Crippen LogP contribution >= 0.6 is 0 Å². The van der Waals surface area contributed by atoms with Crippen molar-refractivity contribution >= 4 is 46.8 Å². The number of nitrogens with one attached hydrogen (secondary N) is 3. The third-order valence-corrected chi connectivity index (χ3v) is 9.05. The van der Waals surface area contributed by atoms with E-state index in [-0.39, 0.29) is 70.2 Å². The van der Waals surface area contributed by atoms with Crippen LogP contribution in [-0.4, -0.2) is 96.9 Å². The molecule has 2 aromatic carbocycles. The first-order chi connectivity index (χ1) is 24.9. The number of carbonyl (C=O) groups excluding carboxylic acids is 2. The topological polar surface area (TPSA) is 164 Å². The number of pyridine rings is 1. The molecule has 1 fully saturated rings. The number of halogens is 2. The van der Waals surface area contributed by atoms with Gasteiger partial charge in [0.2, 0.25) is 11.8 Å². The van der Waals surface area contributed by atoms with Crippen LogP contribution in [0.15, 0.2) is 59.6 Å². The van der Waals surface area contributed by atoms with Crippen molar-refractivity contribution < 1.29 is 23.1 Å². The van der Waals surface area contributed by atoms with E-state index < -0.39 is 11.6 Å². The van der Waals surface area contributed by atoms with Crippen LogP contribution in [0.2, 0.25) is 0 Å². The van der Waals surface area contributed by atoms with Gasteiger partial charge < -0.3 is 20.7 Å². The minimum atomic E-state index is -0.602. The van der Waals surface area contributed by atoms with E-state index in [4.69, 9.17) is 21.3 Å². The Balaban J connectivity index is 1.18. The van der Waals surface area contributed by atoms with E-state index in [9.17, 15) is 18.4 Å². The molecular weight excluding hydrogens is 668 g/mol. The number of hydrogen-bond acceptors (Lipinski definition) is 8. The lowest BCUT2D eigenvalue weighted by molar-refractivity contribution is -0.132. The number of anilines is 2. The average molecular weight is 714 g/mol. The lowest BCUT2D eigenvalue weighted by atomic mass is 9.97. The van der Waals surface area contributed by atoms with Crippen LogP contribution in [0.1, 0.15) is 56.0 Å². The molecule has 274 valence electrons. The molecule has 3 aromatic rings. The number of rotatable bonds is 12. The van der Waals surface area contributed by atoms with Crippen LogP contribution in [0.25, 0.3) is 5.57 Å². The lowest BCUT2D eigenvalue weighted by Crippen LogP contribution is -2.42. The Bertz CT molecular complexity index is 1910. The number of likely N-dealkylation sites (tertiary alicyclic amines) is 1. The van der Waals surface area contributed by atoms with E-state index >= 15 is 0 Å².